The summed E-state index contributed by atoms with van der Waals surface area (Å²) in [6, 6.07) is 13.4. The minimum Gasteiger partial charge on any atom is -0.337 e. The topological polar surface area (TPSA) is 79.8 Å². The summed E-state index contributed by atoms with van der Waals surface area (Å²) < 4.78 is 0. The predicted octanol–water partition coefficient (Wildman–Crippen LogP) is 3.12. The molecule has 1 saturated carbocycles. The molecule has 23 heavy (non-hydrogen) atoms. The number of benzene rings is 1. The van der Waals surface area contributed by atoms with E-state index in [0.29, 0.717) is 11.6 Å². The van der Waals surface area contributed by atoms with Crippen molar-refractivity contribution in [3.63, 3.8) is 0 Å². The molecule has 1 aliphatic rings. The van der Waals surface area contributed by atoms with Crippen LogP contribution in [0.15, 0.2) is 48.7 Å². The smallest absolute Gasteiger partial charge is 0.228 e. The Balaban J connectivity index is 1.53. The van der Waals surface area contributed by atoms with Crippen LogP contribution in [0.1, 0.15) is 12.8 Å². The van der Waals surface area contributed by atoms with Gasteiger partial charge < -0.3 is 10.6 Å². The summed E-state index contributed by atoms with van der Waals surface area (Å²) in [5.74, 6) is 1.26. The molecule has 6 nitrogen and oxygen atoms in total. The maximum atomic E-state index is 11.7. The normalized spacial score (nSPS) is 13.7. The maximum Gasteiger partial charge on any atom is 0.228 e. The van der Waals surface area contributed by atoms with E-state index in [4.69, 9.17) is 0 Å². The second-order valence-corrected chi connectivity index (χ2v) is 5.57. The van der Waals surface area contributed by atoms with E-state index in [1.54, 1.807) is 18.3 Å². The quantitative estimate of drug-likeness (QED) is 0.774. The van der Waals surface area contributed by atoms with E-state index in [1.165, 1.54) is 0 Å². The Kier molecular flexibility index (Phi) is 3.34. The first-order chi connectivity index (χ1) is 11.3. The highest BCUT2D eigenvalue weighted by atomic mass is 16.2. The molecule has 3 aromatic rings. The Hall–Kier alpha value is -3.02. The summed E-state index contributed by atoms with van der Waals surface area (Å²) in [5, 5.41) is 15.2. The van der Waals surface area contributed by atoms with Crippen LogP contribution in [0.3, 0.4) is 0 Å². The van der Waals surface area contributed by atoms with Crippen molar-refractivity contribution in [2.24, 2.45) is 5.92 Å². The number of nitrogens with one attached hydrogen (secondary N) is 2. The third-order valence-electron chi connectivity index (χ3n) is 3.76. The summed E-state index contributed by atoms with van der Waals surface area (Å²) in [6.45, 7) is 0. The fourth-order valence-electron chi connectivity index (χ4n) is 2.38. The van der Waals surface area contributed by atoms with Crippen molar-refractivity contribution in [3.8, 4) is 0 Å². The van der Waals surface area contributed by atoms with E-state index in [2.05, 4.69) is 25.8 Å². The van der Waals surface area contributed by atoms with Gasteiger partial charge in [0.15, 0.2) is 11.6 Å². The van der Waals surface area contributed by atoms with E-state index >= 15 is 0 Å². The van der Waals surface area contributed by atoms with Gasteiger partial charge in [0.05, 0.1) is 11.2 Å². The molecule has 6 heteroatoms. The third kappa shape index (κ3) is 2.96. The number of fused-ring (bicyclic) bond motifs is 1. The van der Waals surface area contributed by atoms with Gasteiger partial charge in [0.1, 0.15) is 0 Å². The van der Waals surface area contributed by atoms with E-state index in [0.717, 1.165) is 29.4 Å². The standard InChI is InChI=1S/C17H15N5O/c23-17(12-6-7-12)20-15-9-8-14(21-22-15)19-13-5-1-3-11-4-2-10-18-16(11)13/h1-5,8-10,12H,6-7H2,(H,19,21)(H,20,22,23). The molecule has 0 radical (unpaired) electrons. The van der Waals surface area contributed by atoms with E-state index in [-0.39, 0.29) is 11.8 Å². The number of anilines is 3. The number of nitrogens with zero attached hydrogens (tertiary/aromatic N) is 3. The molecule has 0 saturated heterocycles. The van der Waals surface area contributed by atoms with Gasteiger partial charge in [-0.2, -0.15) is 0 Å². The molecule has 0 aliphatic heterocycles. The highest BCUT2D eigenvalue weighted by Crippen LogP contribution is 2.30. The maximum absolute atomic E-state index is 11.7. The molecular formula is C17H15N5O. The van der Waals surface area contributed by atoms with Crippen LogP contribution in [0.2, 0.25) is 0 Å². The van der Waals surface area contributed by atoms with Crippen molar-refractivity contribution in [1.82, 2.24) is 15.2 Å². The molecule has 114 valence electrons. The fourth-order valence-corrected chi connectivity index (χ4v) is 2.38. The predicted molar refractivity (Wildman–Crippen MR) is 88.4 cm³/mol. The molecule has 0 spiro atoms. The monoisotopic (exact) mass is 305 g/mol. The molecule has 1 aliphatic carbocycles. The molecule has 0 atom stereocenters. The lowest BCUT2D eigenvalue weighted by Crippen LogP contribution is -2.14. The van der Waals surface area contributed by atoms with Crippen LogP contribution in [0, 0.1) is 5.92 Å². The summed E-state index contributed by atoms with van der Waals surface area (Å²) in [4.78, 5) is 16.1. The lowest BCUT2D eigenvalue weighted by Gasteiger charge is -2.08. The van der Waals surface area contributed by atoms with Crippen molar-refractivity contribution in [2.75, 3.05) is 10.6 Å². The molecule has 0 unspecified atom stereocenters. The molecular weight excluding hydrogens is 290 g/mol. The van der Waals surface area contributed by atoms with Crippen LogP contribution in [-0.4, -0.2) is 21.1 Å². The molecule has 4 rings (SSSR count). The number of aromatic nitrogens is 3. The number of carbonyl (C=O) groups is 1. The number of pyridine rings is 1. The Morgan fingerprint density at radius 1 is 1.00 bits per heavy atom. The van der Waals surface area contributed by atoms with Gasteiger partial charge in [0, 0.05) is 17.5 Å². The molecule has 2 heterocycles. The van der Waals surface area contributed by atoms with Crippen LogP contribution >= 0.6 is 0 Å². The number of rotatable bonds is 4. The lowest BCUT2D eigenvalue weighted by molar-refractivity contribution is -0.117. The summed E-state index contributed by atoms with van der Waals surface area (Å²) in [6.07, 6.45) is 3.69. The van der Waals surface area contributed by atoms with Crippen LogP contribution < -0.4 is 10.6 Å². The first-order valence-corrected chi connectivity index (χ1v) is 7.55. The zero-order valence-corrected chi connectivity index (χ0v) is 12.4. The molecule has 2 N–H and O–H groups in total. The van der Waals surface area contributed by atoms with Gasteiger partial charge in [-0.15, -0.1) is 10.2 Å². The Labute approximate surface area is 133 Å². The molecule has 1 amide bonds. The molecule has 1 fully saturated rings. The SMILES string of the molecule is O=C(Nc1ccc(Nc2cccc3cccnc23)nn1)C1CC1. The first-order valence-electron chi connectivity index (χ1n) is 7.55. The Bertz CT molecular complexity index is 853. The minimum atomic E-state index is 0.0262. The van der Waals surface area contributed by atoms with E-state index < -0.39 is 0 Å². The largest absolute Gasteiger partial charge is 0.337 e. The van der Waals surface area contributed by atoms with Crippen molar-refractivity contribution >= 4 is 34.1 Å². The van der Waals surface area contributed by atoms with Crippen molar-refractivity contribution < 1.29 is 4.79 Å². The highest BCUT2D eigenvalue weighted by Gasteiger charge is 2.29. The average Bonchev–Trinajstić information content (AvgIpc) is 3.42. The fraction of sp³-hybridized carbons (Fsp3) is 0.176. The van der Waals surface area contributed by atoms with Gasteiger partial charge in [-0.25, -0.2) is 0 Å². The first kappa shape index (κ1) is 13.6. The number of hydrogen-bond acceptors (Lipinski definition) is 5. The number of para-hydroxylation sites is 1. The van der Waals surface area contributed by atoms with E-state index in [1.807, 2.05) is 30.3 Å². The Morgan fingerprint density at radius 3 is 2.57 bits per heavy atom. The van der Waals surface area contributed by atoms with Gasteiger partial charge in [0.25, 0.3) is 0 Å². The summed E-state index contributed by atoms with van der Waals surface area (Å²) in [5.41, 5.74) is 1.75. The van der Waals surface area contributed by atoms with Gasteiger partial charge in [-0.3, -0.25) is 9.78 Å². The zero-order chi connectivity index (χ0) is 15.6. The minimum absolute atomic E-state index is 0.0262. The summed E-state index contributed by atoms with van der Waals surface area (Å²) >= 11 is 0. The van der Waals surface area contributed by atoms with E-state index in [9.17, 15) is 4.79 Å². The van der Waals surface area contributed by atoms with Gasteiger partial charge in [-0.05, 0) is 37.1 Å². The second-order valence-electron chi connectivity index (χ2n) is 5.57. The van der Waals surface area contributed by atoms with Crippen molar-refractivity contribution in [1.29, 1.82) is 0 Å². The third-order valence-corrected chi connectivity index (χ3v) is 3.76. The van der Waals surface area contributed by atoms with Crippen molar-refractivity contribution in [2.45, 2.75) is 12.8 Å². The van der Waals surface area contributed by atoms with Gasteiger partial charge in [0.2, 0.25) is 5.91 Å². The number of amides is 1. The van der Waals surface area contributed by atoms with Crippen LogP contribution in [0.25, 0.3) is 10.9 Å². The van der Waals surface area contributed by atoms with Crippen LogP contribution in [0.5, 0.6) is 0 Å². The molecule has 1 aromatic carbocycles. The number of hydrogen-bond donors (Lipinski definition) is 2. The average molecular weight is 305 g/mol. The summed E-state index contributed by atoms with van der Waals surface area (Å²) in [7, 11) is 0. The molecule has 2 aromatic heterocycles. The van der Waals surface area contributed by atoms with Crippen LogP contribution in [-0.2, 0) is 4.79 Å². The highest BCUT2D eigenvalue weighted by molar-refractivity contribution is 5.93. The van der Waals surface area contributed by atoms with Gasteiger partial charge >= 0.3 is 0 Å². The van der Waals surface area contributed by atoms with Crippen molar-refractivity contribution in [3.05, 3.63) is 48.7 Å². The lowest BCUT2D eigenvalue weighted by atomic mass is 10.2. The zero-order valence-electron chi connectivity index (χ0n) is 12.4. The second kappa shape index (κ2) is 5.64. The van der Waals surface area contributed by atoms with Crippen LogP contribution in [0.4, 0.5) is 17.3 Å². The Morgan fingerprint density at radius 2 is 1.78 bits per heavy atom. The molecule has 0 bridgehead atoms. The number of carbonyl (C=O) groups excluding carboxylic acids is 1. The van der Waals surface area contributed by atoms with Gasteiger partial charge in [-0.1, -0.05) is 18.2 Å².